The molecule has 1 fully saturated rings. The number of hydrogen-bond acceptors (Lipinski definition) is 3. The maximum atomic E-state index is 5.51. The van der Waals surface area contributed by atoms with Gasteiger partial charge in [0.2, 0.25) is 0 Å². The number of benzene rings is 1. The summed E-state index contributed by atoms with van der Waals surface area (Å²) in [5, 5.41) is 3.45. The van der Waals surface area contributed by atoms with Crippen LogP contribution < -0.4 is 10.1 Å². The van der Waals surface area contributed by atoms with Crippen LogP contribution in [0, 0.1) is 0 Å². The Kier molecular flexibility index (Phi) is 8.74. The van der Waals surface area contributed by atoms with E-state index in [1.807, 2.05) is 6.92 Å². The van der Waals surface area contributed by atoms with Crippen molar-refractivity contribution in [1.82, 2.24) is 10.2 Å². The highest BCUT2D eigenvalue weighted by atomic mass is 35.5. The van der Waals surface area contributed by atoms with E-state index in [2.05, 4.69) is 41.4 Å². The molecule has 3 nitrogen and oxygen atoms in total. The maximum absolute atomic E-state index is 5.51. The van der Waals surface area contributed by atoms with Crippen molar-refractivity contribution in [2.24, 2.45) is 0 Å². The smallest absolute Gasteiger partial charge is 0.119 e. The maximum Gasteiger partial charge on any atom is 0.119 e. The van der Waals surface area contributed by atoms with Crippen LogP contribution >= 0.6 is 12.4 Å². The third kappa shape index (κ3) is 5.85. The molecule has 0 atom stereocenters. The molecule has 0 bridgehead atoms. The van der Waals surface area contributed by atoms with E-state index in [0.29, 0.717) is 0 Å². The lowest BCUT2D eigenvalue weighted by atomic mass is 10.0. The number of hydrogen-bond donors (Lipinski definition) is 1. The Balaban J connectivity index is 0.00000220. The average molecular weight is 313 g/mol. The second-order valence-electron chi connectivity index (χ2n) is 5.53. The molecular formula is C17H29ClN2O. The zero-order valence-electron chi connectivity index (χ0n) is 13.3. The van der Waals surface area contributed by atoms with Crippen molar-refractivity contribution in [3.8, 4) is 5.75 Å². The van der Waals surface area contributed by atoms with Gasteiger partial charge in [-0.25, -0.2) is 0 Å². The summed E-state index contributed by atoms with van der Waals surface area (Å²) in [6, 6.07) is 9.32. The Labute approximate surface area is 135 Å². The van der Waals surface area contributed by atoms with Crippen LogP contribution in [0.2, 0.25) is 0 Å². The van der Waals surface area contributed by atoms with Crippen LogP contribution in [0.3, 0.4) is 0 Å². The van der Waals surface area contributed by atoms with Gasteiger partial charge in [0.05, 0.1) is 6.61 Å². The molecule has 0 amide bonds. The second kappa shape index (κ2) is 10.0. The summed E-state index contributed by atoms with van der Waals surface area (Å²) < 4.78 is 5.51. The van der Waals surface area contributed by atoms with Gasteiger partial charge < -0.3 is 10.1 Å². The SMILES string of the molecule is CCCN(Cc1ccc(OCC)cc1)C1CCNCC1.Cl. The van der Waals surface area contributed by atoms with Crippen LogP contribution in [0.5, 0.6) is 5.75 Å². The van der Waals surface area contributed by atoms with Gasteiger partial charge in [0.1, 0.15) is 5.75 Å². The first-order valence-corrected chi connectivity index (χ1v) is 8.00. The van der Waals surface area contributed by atoms with E-state index in [9.17, 15) is 0 Å². The highest BCUT2D eigenvalue weighted by Gasteiger charge is 2.20. The minimum Gasteiger partial charge on any atom is -0.494 e. The van der Waals surface area contributed by atoms with E-state index in [-0.39, 0.29) is 12.4 Å². The van der Waals surface area contributed by atoms with Crippen molar-refractivity contribution >= 4 is 12.4 Å². The van der Waals surface area contributed by atoms with Crippen molar-refractivity contribution in [2.75, 3.05) is 26.2 Å². The number of rotatable bonds is 7. The standard InChI is InChI=1S/C17H28N2O.ClH/c1-3-13-19(16-9-11-18-12-10-16)14-15-5-7-17(8-6-15)20-4-2;/h5-8,16,18H,3-4,9-14H2,1-2H3;1H. The first kappa shape index (κ1) is 18.3. The van der Waals surface area contributed by atoms with Gasteiger partial charge in [-0.3, -0.25) is 4.90 Å². The second-order valence-corrected chi connectivity index (χ2v) is 5.53. The molecule has 1 aliphatic heterocycles. The van der Waals surface area contributed by atoms with Gasteiger partial charge in [-0.05, 0) is 63.5 Å². The third-order valence-electron chi connectivity index (χ3n) is 3.96. The van der Waals surface area contributed by atoms with Crippen molar-refractivity contribution in [1.29, 1.82) is 0 Å². The summed E-state index contributed by atoms with van der Waals surface area (Å²) in [6.07, 6.45) is 3.77. The zero-order valence-corrected chi connectivity index (χ0v) is 14.1. The summed E-state index contributed by atoms with van der Waals surface area (Å²) in [4.78, 5) is 2.65. The lowest BCUT2D eigenvalue weighted by molar-refractivity contribution is 0.154. The number of ether oxygens (including phenoxy) is 1. The highest BCUT2D eigenvalue weighted by Crippen LogP contribution is 2.18. The van der Waals surface area contributed by atoms with Crippen molar-refractivity contribution in [2.45, 2.75) is 45.7 Å². The van der Waals surface area contributed by atoms with Crippen LogP contribution in [0.25, 0.3) is 0 Å². The highest BCUT2D eigenvalue weighted by molar-refractivity contribution is 5.85. The molecular weight excluding hydrogens is 284 g/mol. The monoisotopic (exact) mass is 312 g/mol. The Hall–Kier alpha value is -0.770. The summed E-state index contributed by atoms with van der Waals surface area (Å²) in [6.45, 7) is 9.60. The number of halogens is 1. The van der Waals surface area contributed by atoms with Gasteiger partial charge >= 0.3 is 0 Å². The molecule has 1 aromatic carbocycles. The number of nitrogens with one attached hydrogen (secondary N) is 1. The molecule has 0 saturated carbocycles. The van der Waals surface area contributed by atoms with Gasteiger partial charge in [0.25, 0.3) is 0 Å². The van der Waals surface area contributed by atoms with E-state index < -0.39 is 0 Å². The lowest BCUT2D eigenvalue weighted by Gasteiger charge is -2.34. The fourth-order valence-electron chi connectivity index (χ4n) is 2.94. The average Bonchev–Trinajstić information content (AvgIpc) is 2.50. The quantitative estimate of drug-likeness (QED) is 0.834. The fraction of sp³-hybridized carbons (Fsp3) is 0.647. The minimum atomic E-state index is 0. The van der Waals surface area contributed by atoms with Gasteiger partial charge in [-0.1, -0.05) is 19.1 Å². The molecule has 0 spiro atoms. The van der Waals surface area contributed by atoms with E-state index in [1.54, 1.807) is 0 Å². The summed E-state index contributed by atoms with van der Waals surface area (Å²) >= 11 is 0. The van der Waals surface area contributed by atoms with Crippen LogP contribution in [0.1, 0.15) is 38.7 Å². The Bertz CT molecular complexity index is 377. The van der Waals surface area contributed by atoms with Gasteiger partial charge in [-0.2, -0.15) is 0 Å². The lowest BCUT2D eigenvalue weighted by Crippen LogP contribution is -2.43. The largest absolute Gasteiger partial charge is 0.494 e. The minimum absolute atomic E-state index is 0. The topological polar surface area (TPSA) is 24.5 Å². The van der Waals surface area contributed by atoms with Crippen LogP contribution in [0.15, 0.2) is 24.3 Å². The fourth-order valence-corrected chi connectivity index (χ4v) is 2.94. The zero-order chi connectivity index (χ0) is 14.2. The molecule has 0 aromatic heterocycles. The molecule has 2 rings (SSSR count). The Morgan fingerprint density at radius 1 is 1.14 bits per heavy atom. The molecule has 0 aliphatic carbocycles. The number of piperidine rings is 1. The number of nitrogens with zero attached hydrogens (tertiary/aromatic N) is 1. The van der Waals surface area contributed by atoms with Crippen molar-refractivity contribution < 1.29 is 4.74 Å². The molecule has 1 heterocycles. The Morgan fingerprint density at radius 3 is 2.38 bits per heavy atom. The molecule has 120 valence electrons. The van der Waals surface area contributed by atoms with Crippen LogP contribution in [-0.2, 0) is 6.54 Å². The van der Waals surface area contributed by atoms with Gasteiger partial charge in [0.15, 0.2) is 0 Å². The third-order valence-corrected chi connectivity index (χ3v) is 3.96. The summed E-state index contributed by atoms with van der Waals surface area (Å²) in [7, 11) is 0. The first-order valence-electron chi connectivity index (χ1n) is 8.00. The van der Waals surface area contributed by atoms with Crippen molar-refractivity contribution in [3.05, 3.63) is 29.8 Å². The molecule has 21 heavy (non-hydrogen) atoms. The van der Waals surface area contributed by atoms with E-state index >= 15 is 0 Å². The molecule has 1 N–H and O–H groups in total. The van der Waals surface area contributed by atoms with Crippen molar-refractivity contribution in [3.63, 3.8) is 0 Å². The predicted molar refractivity (Wildman–Crippen MR) is 91.5 cm³/mol. The van der Waals surface area contributed by atoms with Gasteiger partial charge in [0, 0.05) is 12.6 Å². The first-order chi connectivity index (χ1) is 9.83. The normalized spacial score (nSPS) is 15.8. The molecule has 1 saturated heterocycles. The van der Waals surface area contributed by atoms with Gasteiger partial charge in [-0.15, -0.1) is 12.4 Å². The van der Waals surface area contributed by atoms with E-state index in [1.165, 1.54) is 31.4 Å². The van der Waals surface area contributed by atoms with E-state index in [0.717, 1.165) is 38.0 Å². The predicted octanol–water partition coefficient (Wildman–Crippen LogP) is 3.47. The summed E-state index contributed by atoms with van der Waals surface area (Å²) in [5.74, 6) is 0.972. The molecule has 4 heteroatoms. The van der Waals surface area contributed by atoms with E-state index in [4.69, 9.17) is 4.74 Å². The summed E-state index contributed by atoms with van der Waals surface area (Å²) in [5.41, 5.74) is 1.39. The molecule has 1 aliphatic rings. The molecule has 0 radical (unpaired) electrons. The molecule has 1 aromatic rings. The van der Waals surface area contributed by atoms with Crippen LogP contribution in [-0.4, -0.2) is 37.2 Å². The van der Waals surface area contributed by atoms with Crippen LogP contribution in [0.4, 0.5) is 0 Å². The molecule has 0 unspecified atom stereocenters. The Morgan fingerprint density at radius 2 is 1.81 bits per heavy atom.